The van der Waals surface area contributed by atoms with E-state index >= 15 is 0 Å². The van der Waals surface area contributed by atoms with Crippen molar-refractivity contribution >= 4 is 17.8 Å². The van der Waals surface area contributed by atoms with Gasteiger partial charge in [-0.2, -0.15) is 0 Å². The Morgan fingerprint density at radius 3 is 2.17 bits per heavy atom. The van der Waals surface area contributed by atoms with Crippen molar-refractivity contribution in [2.45, 2.75) is 13.5 Å². The molecule has 1 N–H and O–H groups in total. The van der Waals surface area contributed by atoms with Crippen LogP contribution in [0.15, 0.2) is 90.5 Å². The van der Waals surface area contributed by atoms with Gasteiger partial charge in [-0.1, -0.05) is 72.3 Å². The molecule has 0 saturated heterocycles. The predicted octanol–water partition coefficient (Wildman–Crippen LogP) is 5.51. The van der Waals surface area contributed by atoms with Crippen LogP contribution in [-0.2, 0) is 6.54 Å². The number of anilines is 1. The Bertz CT molecular complexity index is 936. The average molecular weight is 386 g/mol. The Labute approximate surface area is 172 Å². The molecule has 0 aliphatic heterocycles. The van der Waals surface area contributed by atoms with E-state index in [0.29, 0.717) is 13.1 Å². The van der Waals surface area contributed by atoms with Gasteiger partial charge in [0.25, 0.3) is 0 Å². The van der Waals surface area contributed by atoms with Gasteiger partial charge in [-0.15, -0.1) is 0 Å². The maximum atomic E-state index is 13.0. The molecule has 29 heavy (non-hydrogen) atoms. The van der Waals surface area contributed by atoms with Crippen LogP contribution in [0.1, 0.15) is 18.1 Å². The van der Waals surface area contributed by atoms with Gasteiger partial charge in [0.05, 0.1) is 7.11 Å². The number of rotatable bonds is 7. The zero-order valence-corrected chi connectivity index (χ0v) is 16.8. The molecule has 0 aromatic heterocycles. The van der Waals surface area contributed by atoms with Crippen LogP contribution in [0.4, 0.5) is 10.5 Å². The Morgan fingerprint density at radius 2 is 1.55 bits per heavy atom. The zero-order chi connectivity index (χ0) is 20.5. The lowest BCUT2D eigenvalue weighted by atomic mass is 10.1. The molecular formula is C25H26N2O2. The van der Waals surface area contributed by atoms with Crippen LogP contribution in [0.25, 0.3) is 6.08 Å². The molecule has 0 aliphatic carbocycles. The third-order valence-electron chi connectivity index (χ3n) is 4.54. The summed E-state index contributed by atoms with van der Waals surface area (Å²) in [7, 11) is 1.63. The van der Waals surface area contributed by atoms with Crippen LogP contribution in [-0.4, -0.2) is 19.7 Å². The number of benzene rings is 3. The van der Waals surface area contributed by atoms with E-state index in [2.05, 4.69) is 23.5 Å². The van der Waals surface area contributed by atoms with Crippen molar-refractivity contribution < 1.29 is 9.53 Å². The van der Waals surface area contributed by atoms with Gasteiger partial charge in [0, 0.05) is 18.8 Å². The Kier molecular flexibility index (Phi) is 7.06. The van der Waals surface area contributed by atoms with Gasteiger partial charge < -0.3 is 10.1 Å². The molecule has 0 heterocycles. The summed E-state index contributed by atoms with van der Waals surface area (Å²) in [5, 5.41) is 3.02. The summed E-state index contributed by atoms with van der Waals surface area (Å²) in [5.41, 5.74) is 4.08. The van der Waals surface area contributed by atoms with Gasteiger partial charge >= 0.3 is 6.03 Å². The van der Waals surface area contributed by atoms with Gasteiger partial charge in [0.15, 0.2) is 0 Å². The smallest absolute Gasteiger partial charge is 0.322 e. The fourth-order valence-corrected chi connectivity index (χ4v) is 3.04. The Balaban J connectivity index is 1.78. The molecule has 0 saturated carbocycles. The van der Waals surface area contributed by atoms with Crippen LogP contribution < -0.4 is 15.0 Å². The molecule has 3 aromatic carbocycles. The van der Waals surface area contributed by atoms with E-state index in [1.807, 2.05) is 79.7 Å². The minimum Gasteiger partial charge on any atom is -0.497 e. The largest absolute Gasteiger partial charge is 0.497 e. The second-order valence-electron chi connectivity index (χ2n) is 6.83. The lowest BCUT2D eigenvalue weighted by Crippen LogP contribution is -2.40. The molecule has 0 spiro atoms. The quantitative estimate of drug-likeness (QED) is 0.581. The minimum absolute atomic E-state index is 0.139. The van der Waals surface area contributed by atoms with Gasteiger partial charge in [0.1, 0.15) is 5.75 Å². The number of hydrogen-bond donors (Lipinski definition) is 1. The number of nitrogens with one attached hydrogen (secondary N) is 1. The number of carbonyl (C=O) groups is 1. The lowest BCUT2D eigenvalue weighted by Gasteiger charge is -2.24. The molecule has 0 unspecified atom stereocenters. The van der Waals surface area contributed by atoms with Crippen LogP contribution in [0.2, 0.25) is 0 Å². The highest BCUT2D eigenvalue weighted by atomic mass is 16.5. The molecule has 148 valence electrons. The first-order valence-electron chi connectivity index (χ1n) is 9.61. The summed E-state index contributed by atoms with van der Waals surface area (Å²) < 4.78 is 5.24. The summed E-state index contributed by atoms with van der Waals surface area (Å²) in [5.74, 6) is 0.759. The summed E-state index contributed by atoms with van der Waals surface area (Å²) >= 11 is 0. The second kappa shape index (κ2) is 10.1. The topological polar surface area (TPSA) is 41.6 Å². The van der Waals surface area contributed by atoms with Crippen molar-refractivity contribution in [3.63, 3.8) is 0 Å². The monoisotopic (exact) mass is 386 g/mol. The number of nitrogens with zero attached hydrogens (tertiary/aromatic N) is 1. The molecule has 4 heteroatoms. The number of hydrogen-bond acceptors (Lipinski definition) is 2. The highest BCUT2D eigenvalue weighted by Crippen LogP contribution is 2.21. The van der Waals surface area contributed by atoms with Crippen molar-refractivity contribution in [3.8, 4) is 5.75 Å². The first-order chi connectivity index (χ1) is 14.2. The minimum atomic E-state index is -0.139. The average Bonchev–Trinajstić information content (AvgIpc) is 2.77. The van der Waals surface area contributed by atoms with Gasteiger partial charge in [0.2, 0.25) is 0 Å². The molecule has 4 nitrogen and oxygen atoms in total. The summed E-state index contributed by atoms with van der Waals surface area (Å²) in [6.45, 7) is 3.00. The normalized spacial score (nSPS) is 11.0. The Morgan fingerprint density at radius 1 is 0.931 bits per heavy atom. The van der Waals surface area contributed by atoms with Crippen molar-refractivity contribution in [1.82, 2.24) is 5.32 Å². The van der Waals surface area contributed by atoms with E-state index in [1.54, 1.807) is 12.0 Å². The standard InChI is InChI=1S/C25H26N2O2/c1-20(17-21-9-5-3-6-10-21)19-27(23-13-15-24(29-2)16-14-23)25(28)26-18-22-11-7-4-8-12-22/h3-17H,18-19H2,1-2H3,(H,26,28)/b20-17+. The van der Waals surface area contributed by atoms with Gasteiger partial charge in [-0.05, 0) is 42.3 Å². The summed E-state index contributed by atoms with van der Waals surface area (Å²) in [6, 6.07) is 27.4. The second-order valence-corrected chi connectivity index (χ2v) is 6.83. The summed E-state index contributed by atoms with van der Waals surface area (Å²) in [4.78, 5) is 14.8. The van der Waals surface area contributed by atoms with Gasteiger partial charge in [-0.25, -0.2) is 4.79 Å². The van der Waals surface area contributed by atoms with E-state index in [-0.39, 0.29) is 6.03 Å². The molecular weight excluding hydrogens is 360 g/mol. The maximum absolute atomic E-state index is 13.0. The zero-order valence-electron chi connectivity index (χ0n) is 16.8. The van der Waals surface area contributed by atoms with E-state index in [0.717, 1.165) is 28.1 Å². The molecule has 0 fully saturated rings. The molecule has 0 aliphatic rings. The maximum Gasteiger partial charge on any atom is 0.322 e. The fourth-order valence-electron chi connectivity index (χ4n) is 3.04. The Hall–Kier alpha value is -3.53. The van der Waals surface area contributed by atoms with E-state index in [4.69, 9.17) is 4.74 Å². The number of urea groups is 1. The van der Waals surface area contributed by atoms with Crippen molar-refractivity contribution in [3.05, 3.63) is 102 Å². The van der Waals surface area contributed by atoms with Crippen molar-refractivity contribution in [2.75, 3.05) is 18.6 Å². The number of amides is 2. The van der Waals surface area contributed by atoms with Gasteiger partial charge in [-0.3, -0.25) is 4.90 Å². The molecule has 2 amide bonds. The van der Waals surface area contributed by atoms with Crippen LogP contribution >= 0.6 is 0 Å². The summed E-state index contributed by atoms with van der Waals surface area (Å²) in [6.07, 6.45) is 2.10. The number of ether oxygens (including phenoxy) is 1. The van der Waals surface area contributed by atoms with E-state index in [9.17, 15) is 4.79 Å². The number of methoxy groups -OCH3 is 1. The molecule has 0 atom stereocenters. The highest BCUT2D eigenvalue weighted by molar-refractivity contribution is 5.92. The molecule has 3 rings (SSSR count). The fraction of sp³-hybridized carbons (Fsp3) is 0.160. The first kappa shape index (κ1) is 20.2. The number of carbonyl (C=O) groups excluding carboxylic acids is 1. The van der Waals surface area contributed by atoms with E-state index in [1.165, 1.54) is 0 Å². The SMILES string of the molecule is COc1ccc(N(C/C(C)=C/c2ccccc2)C(=O)NCc2ccccc2)cc1. The predicted molar refractivity (Wildman–Crippen MR) is 119 cm³/mol. The van der Waals surface area contributed by atoms with Crippen molar-refractivity contribution in [2.24, 2.45) is 0 Å². The first-order valence-corrected chi connectivity index (χ1v) is 9.61. The third-order valence-corrected chi connectivity index (χ3v) is 4.54. The van der Waals surface area contributed by atoms with Crippen molar-refractivity contribution in [1.29, 1.82) is 0 Å². The molecule has 0 radical (unpaired) electrons. The van der Waals surface area contributed by atoms with Crippen LogP contribution in [0.5, 0.6) is 5.75 Å². The van der Waals surface area contributed by atoms with E-state index < -0.39 is 0 Å². The van der Waals surface area contributed by atoms with Crippen LogP contribution in [0.3, 0.4) is 0 Å². The highest BCUT2D eigenvalue weighted by Gasteiger charge is 2.16. The molecule has 3 aromatic rings. The lowest BCUT2D eigenvalue weighted by molar-refractivity contribution is 0.246. The molecule has 0 bridgehead atoms. The third kappa shape index (κ3) is 5.98. The van der Waals surface area contributed by atoms with Crippen LogP contribution in [0, 0.1) is 0 Å².